The molecule has 0 aromatic carbocycles. The van der Waals surface area contributed by atoms with E-state index in [4.69, 9.17) is 4.74 Å². The third kappa shape index (κ3) is 5.20. The molecule has 0 radical (unpaired) electrons. The van der Waals surface area contributed by atoms with Gasteiger partial charge in [-0.1, -0.05) is 13.0 Å². The molecule has 0 saturated heterocycles. The first-order chi connectivity index (χ1) is 9.12. The monoisotopic (exact) mass is 282 g/mol. The van der Waals surface area contributed by atoms with E-state index < -0.39 is 5.54 Å². The number of aromatic nitrogens is 1. The van der Waals surface area contributed by atoms with Crippen molar-refractivity contribution in [3.8, 4) is 0 Å². The Morgan fingerprint density at radius 3 is 2.89 bits per heavy atom. The molecular formula is C14H22N2O2S. The maximum absolute atomic E-state index is 11.8. The number of hydrogen-bond acceptors (Lipinski definition) is 5. The number of thioether (sulfide) groups is 1. The van der Waals surface area contributed by atoms with Gasteiger partial charge in [0.15, 0.2) is 0 Å². The molecule has 0 aliphatic rings. The van der Waals surface area contributed by atoms with Crippen molar-refractivity contribution >= 4 is 17.7 Å². The maximum Gasteiger partial charge on any atom is 0.325 e. The summed E-state index contributed by atoms with van der Waals surface area (Å²) >= 11 is 1.71. The highest BCUT2D eigenvalue weighted by molar-refractivity contribution is 7.99. The van der Waals surface area contributed by atoms with Gasteiger partial charge in [-0.2, -0.15) is 0 Å². The second-order valence-electron chi connectivity index (χ2n) is 4.47. The van der Waals surface area contributed by atoms with Crippen molar-refractivity contribution in [2.45, 2.75) is 37.3 Å². The molecule has 1 atom stereocenters. The normalized spacial score (nSPS) is 13.8. The number of carbonyl (C=O) groups is 1. The summed E-state index contributed by atoms with van der Waals surface area (Å²) in [5, 5.41) is 4.23. The summed E-state index contributed by atoms with van der Waals surface area (Å²) in [7, 11) is 1.43. The Labute approximate surface area is 119 Å². The van der Waals surface area contributed by atoms with Crippen molar-refractivity contribution in [1.29, 1.82) is 0 Å². The van der Waals surface area contributed by atoms with Crippen LogP contribution in [0.2, 0.25) is 0 Å². The van der Waals surface area contributed by atoms with E-state index in [1.165, 1.54) is 7.11 Å². The van der Waals surface area contributed by atoms with Crippen molar-refractivity contribution in [1.82, 2.24) is 10.3 Å². The van der Waals surface area contributed by atoms with Gasteiger partial charge in [-0.3, -0.25) is 4.79 Å². The van der Waals surface area contributed by atoms with Crippen molar-refractivity contribution in [3.05, 3.63) is 24.4 Å². The smallest absolute Gasteiger partial charge is 0.325 e. The molecule has 1 unspecified atom stereocenters. The molecule has 0 spiro atoms. The van der Waals surface area contributed by atoms with Crippen molar-refractivity contribution in [2.75, 3.05) is 19.4 Å². The quantitative estimate of drug-likeness (QED) is 0.451. The summed E-state index contributed by atoms with van der Waals surface area (Å²) < 4.78 is 4.86. The maximum atomic E-state index is 11.8. The molecular weight excluding hydrogens is 260 g/mol. The van der Waals surface area contributed by atoms with Gasteiger partial charge in [-0.15, -0.1) is 11.8 Å². The summed E-state index contributed by atoms with van der Waals surface area (Å²) in [5.74, 6) is 0.742. The van der Waals surface area contributed by atoms with Crippen LogP contribution < -0.4 is 5.32 Å². The molecule has 19 heavy (non-hydrogen) atoms. The minimum atomic E-state index is -0.589. The number of rotatable bonds is 8. The zero-order chi connectivity index (χ0) is 14.1. The highest BCUT2D eigenvalue weighted by Crippen LogP contribution is 2.20. The molecule has 0 amide bonds. The molecule has 4 nitrogen and oxygen atoms in total. The Kier molecular flexibility index (Phi) is 6.87. The fourth-order valence-electron chi connectivity index (χ4n) is 1.91. The van der Waals surface area contributed by atoms with Crippen molar-refractivity contribution in [2.24, 2.45) is 0 Å². The van der Waals surface area contributed by atoms with Crippen LogP contribution in [0.5, 0.6) is 0 Å². The van der Waals surface area contributed by atoms with E-state index in [1.807, 2.05) is 32.0 Å². The Morgan fingerprint density at radius 1 is 1.53 bits per heavy atom. The molecule has 1 rings (SSSR count). The average molecular weight is 282 g/mol. The molecule has 1 heterocycles. The van der Waals surface area contributed by atoms with E-state index in [2.05, 4.69) is 10.3 Å². The van der Waals surface area contributed by atoms with Crippen LogP contribution in [0.25, 0.3) is 0 Å². The predicted molar refractivity (Wildman–Crippen MR) is 78.3 cm³/mol. The van der Waals surface area contributed by atoms with Gasteiger partial charge in [0.25, 0.3) is 0 Å². The summed E-state index contributed by atoms with van der Waals surface area (Å²) in [5.41, 5.74) is -0.589. The van der Waals surface area contributed by atoms with Crippen LogP contribution in [-0.4, -0.2) is 35.9 Å². The fourth-order valence-corrected chi connectivity index (χ4v) is 2.72. The topological polar surface area (TPSA) is 51.2 Å². The molecule has 0 aliphatic heterocycles. The zero-order valence-corrected chi connectivity index (χ0v) is 12.6. The van der Waals surface area contributed by atoms with Crippen LogP contribution in [0, 0.1) is 0 Å². The molecule has 106 valence electrons. The molecule has 5 heteroatoms. The van der Waals surface area contributed by atoms with Crippen molar-refractivity contribution in [3.63, 3.8) is 0 Å². The van der Waals surface area contributed by atoms with E-state index in [0.29, 0.717) is 0 Å². The SMILES string of the molecule is CCNC(C)(CCCSc1ccccn1)C(=O)OC. The number of ether oxygens (including phenoxy) is 1. The zero-order valence-electron chi connectivity index (χ0n) is 11.8. The van der Waals surface area contributed by atoms with Gasteiger partial charge < -0.3 is 10.1 Å². The van der Waals surface area contributed by atoms with E-state index in [1.54, 1.807) is 18.0 Å². The van der Waals surface area contributed by atoms with Gasteiger partial charge in [0.2, 0.25) is 0 Å². The number of nitrogens with zero attached hydrogens (tertiary/aromatic N) is 1. The van der Waals surface area contributed by atoms with E-state index in [-0.39, 0.29) is 5.97 Å². The van der Waals surface area contributed by atoms with Crippen molar-refractivity contribution < 1.29 is 9.53 Å². The first-order valence-corrected chi connectivity index (χ1v) is 7.48. The lowest BCUT2D eigenvalue weighted by Gasteiger charge is -2.27. The second-order valence-corrected chi connectivity index (χ2v) is 5.59. The third-order valence-corrected chi connectivity index (χ3v) is 3.94. The Hall–Kier alpha value is -1.07. The summed E-state index contributed by atoms with van der Waals surface area (Å²) in [6, 6.07) is 5.88. The number of esters is 1. The first kappa shape index (κ1) is 16.0. The van der Waals surface area contributed by atoms with Gasteiger partial charge >= 0.3 is 5.97 Å². The first-order valence-electron chi connectivity index (χ1n) is 6.49. The van der Waals surface area contributed by atoms with Crippen LogP contribution in [0.15, 0.2) is 29.4 Å². The number of pyridine rings is 1. The fraction of sp³-hybridized carbons (Fsp3) is 0.571. The second kappa shape index (κ2) is 8.17. The highest BCUT2D eigenvalue weighted by Gasteiger charge is 2.32. The van der Waals surface area contributed by atoms with Crippen LogP contribution in [0.1, 0.15) is 26.7 Å². The van der Waals surface area contributed by atoms with E-state index in [9.17, 15) is 4.79 Å². The summed E-state index contributed by atoms with van der Waals surface area (Å²) in [4.78, 5) is 16.0. The molecule has 1 N–H and O–H groups in total. The lowest BCUT2D eigenvalue weighted by molar-refractivity contribution is -0.148. The predicted octanol–water partition coefficient (Wildman–Crippen LogP) is 2.50. The Bertz CT molecular complexity index is 386. The number of hydrogen-bond donors (Lipinski definition) is 1. The van der Waals surface area contributed by atoms with Crippen LogP contribution in [0.4, 0.5) is 0 Å². The molecule has 0 fully saturated rings. The average Bonchev–Trinajstić information content (AvgIpc) is 2.44. The lowest BCUT2D eigenvalue weighted by Crippen LogP contribution is -2.50. The molecule has 0 aliphatic carbocycles. The minimum Gasteiger partial charge on any atom is -0.468 e. The molecule has 0 bridgehead atoms. The van der Waals surface area contributed by atoms with Gasteiger partial charge in [0, 0.05) is 6.20 Å². The molecule has 1 aromatic rings. The van der Waals surface area contributed by atoms with Crippen LogP contribution in [-0.2, 0) is 9.53 Å². The number of carbonyl (C=O) groups excluding carboxylic acids is 1. The Morgan fingerprint density at radius 2 is 2.32 bits per heavy atom. The highest BCUT2D eigenvalue weighted by atomic mass is 32.2. The van der Waals surface area contributed by atoms with E-state index in [0.717, 1.165) is 30.2 Å². The lowest BCUT2D eigenvalue weighted by atomic mass is 9.96. The van der Waals surface area contributed by atoms with Gasteiger partial charge in [0.05, 0.1) is 12.1 Å². The van der Waals surface area contributed by atoms with Crippen LogP contribution >= 0.6 is 11.8 Å². The standard InChI is InChI=1S/C14H22N2O2S/c1-4-16-14(2,13(17)18-3)9-7-11-19-12-8-5-6-10-15-12/h5-6,8,10,16H,4,7,9,11H2,1-3H3. The molecule has 0 saturated carbocycles. The number of methoxy groups -OCH3 is 1. The van der Waals surface area contributed by atoms with Gasteiger partial charge in [0.1, 0.15) is 5.54 Å². The summed E-state index contributed by atoms with van der Waals surface area (Å²) in [6.45, 7) is 4.64. The minimum absolute atomic E-state index is 0.197. The summed E-state index contributed by atoms with van der Waals surface area (Å²) in [6.07, 6.45) is 3.48. The number of likely N-dealkylation sites (N-methyl/N-ethyl adjacent to an activating group) is 1. The van der Waals surface area contributed by atoms with Gasteiger partial charge in [-0.05, 0) is 44.2 Å². The Balaban J connectivity index is 2.38. The number of nitrogens with one attached hydrogen (secondary N) is 1. The van der Waals surface area contributed by atoms with Gasteiger partial charge in [-0.25, -0.2) is 4.98 Å². The largest absolute Gasteiger partial charge is 0.468 e. The molecule has 1 aromatic heterocycles. The third-order valence-electron chi connectivity index (χ3n) is 2.91. The van der Waals surface area contributed by atoms with E-state index >= 15 is 0 Å². The van der Waals surface area contributed by atoms with Crippen LogP contribution in [0.3, 0.4) is 0 Å².